The third kappa shape index (κ3) is 10.3. The number of nitrogens with one attached hydrogen (secondary N) is 1. The number of rotatable bonds is 9. The molecule has 0 unspecified atom stereocenters. The van der Waals surface area contributed by atoms with E-state index < -0.39 is 97.5 Å². The maximum atomic E-state index is 15.0. The number of ether oxygens (including phenoxy) is 2. The lowest BCUT2D eigenvalue weighted by molar-refractivity contribution is -0.159. The summed E-state index contributed by atoms with van der Waals surface area (Å²) in [5.41, 5.74) is -2.18. The summed E-state index contributed by atoms with van der Waals surface area (Å²) in [6, 6.07) is 3.60. The molecule has 352 valence electrons. The van der Waals surface area contributed by atoms with Crippen molar-refractivity contribution in [3.8, 4) is 16.5 Å². The Labute approximate surface area is 381 Å². The van der Waals surface area contributed by atoms with Crippen molar-refractivity contribution in [2.24, 2.45) is 17.3 Å². The number of esters is 1. The van der Waals surface area contributed by atoms with E-state index in [1.807, 2.05) is 17.5 Å². The molecular formula is C47H58F3N5O8S2. The Morgan fingerprint density at radius 1 is 0.985 bits per heavy atom. The number of hydrogen-bond donors (Lipinski definition) is 1. The fourth-order valence-corrected chi connectivity index (χ4v) is 11.9. The van der Waals surface area contributed by atoms with Crippen LogP contribution in [0, 0.1) is 17.3 Å². The van der Waals surface area contributed by atoms with E-state index in [0.29, 0.717) is 48.6 Å². The van der Waals surface area contributed by atoms with E-state index in [1.165, 1.54) is 28.7 Å². The number of carbonyl (C=O) groups is 4. The average molecular weight is 942 g/mol. The predicted molar refractivity (Wildman–Crippen MR) is 237 cm³/mol. The van der Waals surface area contributed by atoms with E-state index >= 15 is 13.2 Å². The number of thiazole rings is 1. The first kappa shape index (κ1) is 47.1. The molecule has 4 heterocycles. The summed E-state index contributed by atoms with van der Waals surface area (Å²) < 4.78 is 84.5. The Bertz CT molecular complexity index is 2480. The minimum atomic E-state index is -5.02. The second kappa shape index (κ2) is 18.0. The Morgan fingerprint density at radius 2 is 1.71 bits per heavy atom. The van der Waals surface area contributed by atoms with Crippen molar-refractivity contribution in [1.82, 2.24) is 24.6 Å². The van der Waals surface area contributed by atoms with Gasteiger partial charge in [-0.05, 0) is 97.1 Å². The van der Waals surface area contributed by atoms with Crippen LogP contribution >= 0.6 is 11.3 Å². The minimum Gasteiger partial charge on any atom is -0.471 e. The number of sulfonamides is 1. The molecule has 0 spiro atoms. The average Bonchev–Trinajstić information content (AvgIpc) is 4.01. The van der Waals surface area contributed by atoms with Crippen molar-refractivity contribution in [3.63, 3.8) is 0 Å². The van der Waals surface area contributed by atoms with Gasteiger partial charge >= 0.3 is 12.1 Å². The lowest BCUT2D eigenvalue weighted by Gasteiger charge is -2.29. The molecule has 18 heteroatoms. The Morgan fingerprint density at radius 3 is 2.42 bits per heavy atom. The standard InChI is InChI=1S/C47H58F3N5O8S2/c1-44(2,3)63-37(57)22-29-16-9-6-5-7-12-17-30-24-46(30,43(59)54-65(60,61)45(4)20-21-45)25-36(56)35-23-31(26-55(35)42(29)58)62-40-39(47(48,49)50)53-38-32(18-13-19-33(38)51-40)41-52-34(27-64-41)28-14-10-8-11-15-28/h12-13,17-19,27-31,35H,5-11,14-16,20-26H2,1-4H3,(H,54,59)/b17-12-/t29-,30-,31-,35+,46-/m1/s1. The van der Waals surface area contributed by atoms with E-state index in [-0.39, 0.29) is 43.3 Å². The van der Waals surface area contributed by atoms with Gasteiger partial charge in [-0.3, -0.25) is 23.9 Å². The Hall–Kier alpha value is -4.45. The molecule has 1 saturated heterocycles. The van der Waals surface area contributed by atoms with Crippen molar-refractivity contribution >= 4 is 56.0 Å². The van der Waals surface area contributed by atoms with Crippen LogP contribution in [0.2, 0.25) is 0 Å². The molecule has 1 aromatic carbocycles. The third-order valence-corrected chi connectivity index (χ3v) is 16.8. The monoisotopic (exact) mass is 941 g/mol. The fourth-order valence-electron chi connectivity index (χ4n) is 9.66. The molecule has 4 fully saturated rings. The molecule has 5 aliphatic rings. The highest BCUT2D eigenvalue weighted by Gasteiger charge is 2.63. The number of ketones is 1. The number of Topliss-reactive ketones (excluding diaryl/α,β-unsaturated/α-hetero) is 1. The van der Waals surface area contributed by atoms with Crippen LogP contribution in [0.5, 0.6) is 5.88 Å². The fraction of sp³-hybridized carbons (Fsp3) is 0.638. The lowest BCUT2D eigenvalue weighted by Crippen LogP contribution is -2.47. The zero-order valence-electron chi connectivity index (χ0n) is 37.4. The molecule has 0 radical (unpaired) electrons. The molecular weight excluding hydrogens is 884 g/mol. The van der Waals surface area contributed by atoms with Crippen molar-refractivity contribution < 1.29 is 50.2 Å². The summed E-state index contributed by atoms with van der Waals surface area (Å²) in [5, 5.41) is 2.49. The van der Waals surface area contributed by atoms with Gasteiger partial charge in [0.25, 0.3) is 0 Å². The van der Waals surface area contributed by atoms with Crippen molar-refractivity contribution in [3.05, 3.63) is 47.1 Å². The topological polar surface area (TPSA) is 175 Å². The first-order valence-electron chi connectivity index (χ1n) is 23.0. The summed E-state index contributed by atoms with van der Waals surface area (Å²) >= 11 is 1.35. The van der Waals surface area contributed by atoms with Crippen LogP contribution in [0.3, 0.4) is 0 Å². The molecule has 3 saturated carbocycles. The number of alkyl halides is 3. The summed E-state index contributed by atoms with van der Waals surface area (Å²) in [4.78, 5) is 71.2. The summed E-state index contributed by atoms with van der Waals surface area (Å²) in [6.45, 7) is 6.36. The largest absolute Gasteiger partial charge is 0.471 e. The molecule has 1 N–H and O–H groups in total. The van der Waals surface area contributed by atoms with Gasteiger partial charge in [-0.15, -0.1) is 11.3 Å². The number of amides is 2. The molecule has 2 amide bonds. The number of hydrogen-bond acceptors (Lipinski definition) is 12. The smallest absolute Gasteiger partial charge is 0.438 e. The highest BCUT2D eigenvalue weighted by molar-refractivity contribution is 7.91. The first-order chi connectivity index (χ1) is 30.7. The van der Waals surface area contributed by atoms with Crippen molar-refractivity contribution in [2.45, 2.75) is 165 Å². The minimum absolute atomic E-state index is 0.000415. The number of nitrogens with zero attached hydrogens (tertiary/aromatic N) is 4. The van der Waals surface area contributed by atoms with Crippen LogP contribution in [0.4, 0.5) is 13.2 Å². The summed E-state index contributed by atoms with van der Waals surface area (Å²) in [6.07, 6.45) is 5.93. The van der Waals surface area contributed by atoms with Gasteiger partial charge in [-0.1, -0.05) is 50.3 Å². The van der Waals surface area contributed by atoms with Gasteiger partial charge in [0.05, 0.1) is 45.9 Å². The Kier molecular flexibility index (Phi) is 13.0. The number of para-hydroxylation sites is 1. The van der Waals surface area contributed by atoms with Crippen LogP contribution in [0.1, 0.15) is 148 Å². The number of benzene rings is 1. The normalized spacial score (nSPS) is 27.2. The maximum absolute atomic E-state index is 15.0. The van der Waals surface area contributed by atoms with Gasteiger partial charge < -0.3 is 14.4 Å². The Balaban J connectivity index is 1.12. The summed E-state index contributed by atoms with van der Waals surface area (Å²) in [5.74, 6) is -4.45. The van der Waals surface area contributed by atoms with Crippen LogP contribution in [-0.4, -0.2) is 80.9 Å². The molecule has 2 aliphatic heterocycles. The number of allylic oxidation sites excluding steroid dienone is 2. The van der Waals surface area contributed by atoms with Gasteiger partial charge in [0.15, 0.2) is 5.78 Å². The van der Waals surface area contributed by atoms with E-state index in [2.05, 4.69) is 14.7 Å². The van der Waals surface area contributed by atoms with Gasteiger partial charge in [-0.2, -0.15) is 13.2 Å². The molecule has 2 aromatic heterocycles. The number of fused-ring (bicyclic) bond motifs is 3. The molecule has 13 nitrogen and oxygen atoms in total. The van der Waals surface area contributed by atoms with Gasteiger partial charge in [-0.25, -0.2) is 23.4 Å². The van der Waals surface area contributed by atoms with E-state index in [4.69, 9.17) is 14.5 Å². The predicted octanol–water partition coefficient (Wildman–Crippen LogP) is 9.00. The zero-order chi connectivity index (χ0) is 46.5. The lowest BCUT2D eigenvalue weighted by atomic mass is 9.87. The zero-order valence-corrected chi connectivity index (χ0v) is 39.0. The molecule has 3 aromatic rings. The maximum Gasteiger partial charge on any atom is 0.438 e. The third-order valence-electron chi connectivity index (χ3n) is 13.8. The second-order valence-corrected chi connectivity index (χ2v) is 23.0. The van der Waals surface area contributed by atoms with Crippen LogP contribution in [0.25, 0.3) is 21.6 Å². The quantitative estimate of drug-likeness (QED) is 0.160. The van der Waals surface area contributed by atoms with Crippen molar-refractivity contribution in [2.75, 3.05) is 6.54 Å². The molecule has 65 heavy (non-hydrogen) atoms. The van der Waals surface area contributed by atoms with E-state index in [9.17, 15) is 27.6 Å². The highest BCUT2D eigenvalue weighted by atomic mass is 32.2. The van der Waals surface area contributed by atoms with Gasteiger partial charge in [0, 0.05) is 35.6 Å². The molecule has 8 rings (SSSR count). The summed E-state index contributed by atoms with van der Waals surface area (Å²) in [7, 11) is -4.06. The highest BCUT2D eigenvalue weighted by Crippen LogP contribution is 2.58. The van der Waals surface area contributed by atoms with Gasteiger partial charge in [0.1, 0.15) is 16.7 Å². The first-order valence-corrected chi connectivity index (χ1v) is 25.3. The number of carbonyl (C=O) groups excluding carboxylic acids is 4. The van der Waals surface area contributed by atoms with Crippen LogP contribution in [-0.2, 0) is 40.1 Å². The molecule has 0 bridgehead atoms. The molecule has 5 atom stereocenters. The van der Waals surface area contributed by atoms with Crippen LogP contribution in [0.15, 0.2) is 35.7 Å². The SMILES string of the molecule is CC(C)(C)OC(=O)C[C@H]1CCCCC/C=C\[C@@H]2C[C@@]2(C(=O)NS(=O)(=O)C2(C)CC2)CC(=O)[C@@H]2C[C@@H](Oc3nc4cccc(-c5nc(C6CCCCC6)cs5)c4nc3C(F)(F)F)CN2C1=O. The number of halogens is 3. The number of aromatic nitrogens is 3. The van der Waals surface area contributed by atoms with Crippen molar-refractivity contribution in [1.29, 1.82) is 0 Å². The molecule has 3 aliphatic carbocycles. The van der Waals surface area contributed by atoms with E-state index in [0.717, 1.165) is 37.8 Å². The van der Waals surface area contributed by atoms with Gasteiger partial charge in [0.2, 0.25) is 33.4 Å². The second-order valence-electron chi connectivity index (χ2n) is 20.0. The van der Waals surface area contributed by atoms with E-state index in [1.54, 1.807) is 39.8 Å². The van der Waals surface area contributed by atoms with Crippen LogP contribution < -0.4 is 9.46 Å².